The molecule has 1 heteroatoms. The summed E-state index contributed by atoms with van der Waals surface area (Å²) >= 11 is 0. The van der Waals surface area contributed by atoms with Crippen LogP contribution < -0.4 is 5.32 Å². The van der Waals surface area contributed by atoms with Crippen molar-refractivity contribution in [3.05, 3.63) is 0 Å². The fraction of sp³-hybridized carbons (Fsp3) is 1.00. The highest BCUT2D eigenvalue weighted by Crippen LogP contribution is 2.49. The Morgan fingerprint density at radius 1 is 0.941 bits per heavy atom. The molecular formula is C16H29N. The average molecular weight is 235 g/mol. The molecule has 3 aliphatic carbocycles. The summed E-state index contributed by atoms with van der Waals surface area (Å²) in [5.41, 5.74) is 0. The third-order valence-corrected chi connectivity index (χ3v) is 6.05. The van der Waals surface area contributed by atoms with Crippen LogP contribution in [0.15, 0.2) is 0 Å². The van der Waals surface area contributed by atoms with Crippen LogP contribution in [0.5, 0.6) is 0 Å². The molecule has 0 saturated heterocycles. The molecule has 98 valence electrons. The second-order valence-corrected chi connectivity index (χ2v) is 7.47. The Bertz CT molecular complexity index is 267. The van der Waals surface area contributed by atoms with Gasteiger partial charge in [0, 0.05) is 12.1 Å². The fourth-order valence-electron chi connectivity index (χ4n) is 4.74. The smallest absolute Gasteiger partial charge is 0.00751 e. The van der Waals surface area contributed by atoms with Crippen LogP contribution in [0.3, 0.4) is 0 Å². The van der Waals surface area contributed by atoms with E-state index in [1.165, 1.54) is 32.1 Å². The van der Waals surface area contributed by atoms with Gasteiger partial charge >= 0.3 is 0 Å². The topological polar surface area (TPSA) is 12.0 Å². The molecular weight excluding hydrogens is 206 g/mol. The van der Waals surface area contributed by atoms with Gasteiger partial charge in [0.05, 0.1) is 0 Å². The van der Waals surface area contributed by atoms with Gasteiger partial charge in [-0.3, -0.25) is 0 Å². The molecule has 0 aromatic carbocycles. The van der Waals surface area contributed by atoms with Gasteiger partial charge in [0.2, 0.25) is 0 Å². The van der Waals surface area contributed by atoms with Crippen molar-refractivity contribution in [3.63, 3.8) is 0 Å². The van der Waals surface area contributed by atoms with Crippen LogP contribution in [0.2, 0.25) is 0 Å². The van der Waals surface area contributed by atoms with E-state index in [2.05, 4.69) is 26.1 Å². The van der Waals surface area contributed by atoms with Gasteiger partial charge in [-0.2, -0.15) is 0 Å². The van der Waals surface area contributed by atoms with Gasteiger partial charge in [0.25, 0.3) is 0 Å². The normalized spacial score (nSPS) is 46.2. The highest BCUT2D eigenvalue weighted by atomic mass is 15.0. The lowest BCUT2D eigenvalue weighted by atomic mass is 9.73. The van der Waals surface area contributed by atoms with Crippen molar-refractivity contribution in [2.45, 2.75) is 71.4 Å². The summed E-state index contributed by atoms with van der Waals surface area (Å²) in [7, 11) is 0. The first-order chi connectivity index (χ1) is 8.13. The predicted molar refractivity (Wildman–Crippen MR) is 72.9 cm³/mol. The molecule has 1 N–H and O–H groups in total. The van der Waals surface area contributed by atoms with Gasteiger partial charge in [-0.15, -0.1) is 0 Å². The Kier molecular flexibility index (Phi) is 3.23. The molecule has 1 nitrogen and oxygen atoms in total. The molecule has 17 heavy (non-hydrogen) atoms. The van der Waals surface area contributed by atoms with Gasteiger partial charge in [0.15, 0.2) is 0 Å². The van der Waals surface area contributed by atoms with Crippen LogP contribution in [-0.2, 0) is 0 Å². The number of rotatable bonds is 4. The van der Waals surface area contributed by atoms with Crippen molar-refractivity contribution in [2.75, 3.05) is 0 Å². The van der Waals surface area contributed by atoms with Crippen LogP contribution in [0, 0.1) is 29.6 Å². The van der Waals surface area contributed by atoms with Crippen LogP contribution in [0.1, 0.15) is 59.3 Å². The van der Waals surface area contributed by atoms with E-state index >= 15 is 0 Å². The van der Waals surface area contributed by atoms with Crippen molar-refractivity contribution in [2.24, 2.45) is 29.6 Å². The molecule has 3 fully saturated rings. The zero-order chi connectivity index (χ0) is 12.0. The maximum atomic E-state index is 3.93. The number of hydrogen-bond acceptors (Lipinski definition) is 1. The molecule has 0 spiro atoms. The quantitative estimate of drug-likeness (QED) is 0.781. The van der Waals surface area contributed by atoms with E-state index in [9.17, 15) is 0 Å². The molecule has 0 aliphatic heterocycles. The largest absolute Gasteiger partial charge is 0.311 e. The lowest BCUT2D eigenvalue weighted by molar-refractivity contribution is 0.137. The minimum absolute atomic E-state index is 0.781. The molecule has 0 amide bonds. The molecule has 3 aliphatic rings. The molecule has 0 heterocycles. The van der Waals surface area contributed by atoms with Crippen LogP contribution in [0.25, 0.3) is 0 Å². The van der Waals surface area contributed by atoms with Crippen molar-refractivity contribution in [1.29, 1.82) is 0 Å². The fourth-order valence-corrected chi connectivity index (χ4v) is 4.74. The third-order valence-electron chi connectivity index (χ3n) is 6.05. The first-order valence-corrected chi connectivity index (χ1v) is 7.89. The summed E-state index contributed by atoms with van der Waals surface area (Å²) in [4.78, 5) is 0. The number of nitrogens with one attached hydrogen (secondary N) is 1. The number of hydrogen-bond donors (Lipinski definition) is 1. The monoisotopic (exact) mass is 235 g/mol. The summed E-state index contributed by atoms with van der Waals surface area (Å²) in [5, 5.41) is 3.93. The van der Waals surface area contributed by atoms with Crippen LogP contribution in [0.4, 0.5) is 0 Å². The van der Waals surface area contributed by atoms with E-state index in [4.69, 9.17) is 0 Å². The lowest BCUT2D eigenvalue weighted by Crippen LogP contribution is -2.49. The van der Waals surface area contributed by atoms with Gasteiger partial charge in [-0.05, 0) is 68.6 Å². The molecule has 3 rings (SSSR count). The van der Waals surface area contributed by atoms with E-state index in [0.29, 0.717) is 0 Å². The first-order valence-electron chi connectivity index (χ1n) is 7.89. The van der Waals surface area contributed by atoms with Crippen molar-refractivity contribution < 1.29 is 0 Å². The van der Waals surface area contributed by atoms with E-state index in [1.807, 2.05) is 0 Å². The average Bonchev–Trinajstić information content (AvgIpc) is 2.83. The van der Waals surface area contributed by atoms with Crippen LogP contribution >= 0.6 is 0 Å². The van der Waals surface area contributed by atoms with E-state index in [0.717, 1.165) is 41.7 Å². The van der Waals surface area contributed by atoms with E-state index in [-0.39, 0.29) is 0 Å². The van der Waals surface area contributed by atoms with Gasteiger partial charge in [-0.1, -0.05) is 20.3 Å². The lowest BCUT2D eigenvalue weighted by Gasteiger charge is -2.42. The zero-order valence-corrected chi connectivity index (χ0v) is 11.8. The minimum atomic E-state index is 0.781. The predicted octanol–water partition coefficient (Wildman–Crippen LogP) is 3.84. The molecule has 0 aromatic rings. The van der Waals surface area contributed by atoms with Gasteiger partial charge in [0.1, 0.15) is 0 Å². The molecule has 2 bridgehead atoms. The summed E-state index contributed by atoms with van der Waals surface area (Å²) in [6.45, 7) is 7.20. The van der Waals surface area contributed by atoms with Crippen molar-refractivity contribution in [1.82, 2.24) is 5.32 Å². The molecule has 4 unspecified atom stereocenters. The maximum Gasteiger partial charge on any atom is 0.00751 e. The summed E-state index contributed by atoms with van der Waals surface area (Å²) in [6, 6.07) is 1.62. The summed E-state index contributed by atoms with van der Waals surface area (Å²) in [5.74, 6) is 5.07. The summed E-state index contributed by atoms with van der Waals surface area (Å²) < 4.78 is 0. The van der Waals surface area contributed by atoms with E-state index in [1.54, 1.807) is 6.42 Å². The van der Waals surface area contributed by atoms with Crippen LogP contribution in [-0.4, -0.2) is 12.1 Å². The molecule has 0 aromatic heterocycles. The Morgan fingerprint density at radius 2 is 1.71 bits per heavy atom. The first kappa shape index (κ1) is 12.0. The second-order valence-electron chi connectivity index (χ2n) is 7.47. The zero-order valence-electron chi connectivity index (χ0n) is 11.8. The molecule has 3 saturated carbocycles. The standard InChI is InChI=1S/C16H29N/c1-10(2)14-8-15(9-14)17-11(3)16-7-12-4-5-13(16)6-12/h10-17H,4-9H2,1-3H3. The Balaban J connectivity index is 1.44. The Hall–Kier alpha value is -0.0400. The minimum Gasteiger partial charge on any atom is -0.311 e. The van der Waals surface area contributed by atoms with Crippen molar-refractivity contribution in [3.8, 4) is 0 Å². The highest BCUT2D eigenvalue weighted by Gasteiger charge is 2.43. The van der Waals surface area contributed by atoms with E-state index < -0.39 is 0 Å². The molecule has 0 radical (unpaired) electrons. The Labute approximate surface area is 107 Å². The number of fused-ring (bicyclic) bond motifs is 2. The SMILES string of the molecule is CC(C)C1CC(NC(C)C2CC3CCC2C3)C1. The highest BCUT2D eigenvalue weighted by molar-refractivity contribution is 4.96. The second kappa shape index (κ2) is 4.57. The molecule has 4 atom stereocenters. The maximum absolute atomic E-state index is 3.93. The third kappa shape index (κ3) is 2.28. The summed E-state index contributed by atoms with van der Waals surface area (Å²) in [6.07, 6.45) is 9.01. The van der Waals surface area contributed by atoms with Gasteiger partial charge < -0.3 is 5.32 Å². The van der Waals surface area contributed by atoms with Gasteiger partial charge in [-0.25, -0.2) is 0 Å². The van der Waals surface area contributed by atoms with Crippen molar-refractivity contribution >= 4 is 0 Å². The Morgan fingerprint density at radius 3 is 2.24 bits per heavy atom.